The van der Waals surface area contributed by atoms with E-state index in [0.717, 1.165) is 25.1 Å². The van der Waals surface area contributed by atoms with Crippen molar-refractivity contribution in [2.75, 3.05) is 19.0 Å². The molecule has 3 saturated heterocycles. The van der Waals surface area contributed by atoms with E-state index in [9.17, 15) is 4.79 Å². The average molecular weight is 338 g/mol. The maximum Gasteiger partial charge on any atom is 0.310 e. The van der Waals surface area contributed by atoms with Gasteiger partial charge >= 0.3 is 5.97 Å². The van der Waals surface area contributed by atoms with E-state index < -0.39 is 5.72 Å². The minimum absolute atomic E-state index is 0.0780. The Morgan fingerprint density at radius 1 is 1.44 bits per heavy atom. The van der Waals surface area contributed by atoms with Crippen molar-refractivity contribution < 1.29 is 14.3 Å². The van der Waals surface area contributed by atoms with Crippen molar-refractivity contribution in [2.24, 2.45) is 11.8 Å². The molecule has 1 unspecified atom stereocenters. The number of esters is 1. The van der Waals surface area contributed by atoms with Gasteiger partial charge in [0.25, 0.3) is 0 Å². The molecule has 4 aliphatic heterocycles. The molecule has 5 aliphatic rings. The Labute approximate surface area is 147 Å². The number of ether oxygens (including phenoxy) is 2. The van der Waals surface area contributed by atoms with Gasteiger partial charge < -0.3 is 14.8 Å². The highest BCUT2D eigenvalue weighted by Gasteiger charge is 2.82. The second-order valence-corrected chi connectivity index (χ2v) is 8.05. The van der Waals surface area contributed by atoms with Gasteiger partial charge in [0.1, 0.15) is 6.23 Å². The zero-order chi connectivity index (χ0) is 17.0. The van der Waals surface area contributed by atoms with Gasteiger partial charge in [-0.15, -0.1) is 0 Å². The number of benzene rings is 1. The SMILES string of the molecule is CC=C1CN2[C@@H]3C[C@@]45c6ccccc6N[C@]4(O3)[C@@H]2C[C@@H]1C5C(=O)OC. The lowest BCUT2D eigenvalue weighted by molar-refractivity contribution is -0.161. The van der Waals surface area contributed by atoms with Crippen molar-refractivity contribution in [3.05, 3.63) is 41.5 Å². The van der Waals surface area contributed by atoms with E-state index in [1.165, 1.54) is 18.2 Å². The number of hydrogen-bond donors (Lipinski definition) is 1. The molecule has 5 nitrogen and oxygen atoms in total. The van der Waals surface area contributed by atoms with Gasteiger partial charge in [0.15, 0.2) is 5.72 Å². The van der Waals surface area contributed by atoms with E-state index in [1.807, 2.05) is 0 Å². The van der Waals surface area contributed by atoms with Crippen molar-refractivity contribution in [3.63, 3.8) is 0 Å². The minimum Gasteiger partial charge on any atom is -0.469 e. The highest BCUT2D eigenvalue weighted by molar-refractivity contribution is 5.81. The third-order valence-corrected chi connectivity index (χ3v) is 7.53. The number of nitrogens with zero attached hydrogens (tertiary/aromatic N) is 1. The molecular formula is C20H22N2O3. The largest absolute Gasteiger partial charge is 0.469 e. The molecule has 0 amide bonds. The molecule has 6 atom stereocenters. The van der Waals surface area contributed by atoms with Crippen LogP contribution in [0.15, 0.2) is 35.9 Å². The average Bonchev–Trinajstić information content (AvgIpc) is 3.22. The van der Waals surface area contributed by atoms with Crippen LogP contribution in [0.2, 0.25) is 0 Å². The predicted molar refractivity (Wildman–Crippen MR) is 91.8 cm³/mol. The van der Waals surface area contributed by atoms with E-state index >= 15 is 0 Å². The summed E-state index contributed by atoms with van der Waals surface area (Å²) >= 11 is 0. The van der Waals surface area contributed by atoms with Gasteiger partial charge in [-0.3, -0.25) is 9.69 Å². The van der Waals surface area contributed by atoms with E-state index in [2.05, 4.69) is 47.5 Å². The first-order valence-electron chi connectivity index (χ1n) is 9.20. The van der Waals surface area contributed by atoms with Crippen LogP contribution in [-0.2, 0) is 19.7 Å². The fourth-order valence-corrected chi connectivity index (χ4v) is 6.75. The maximum absolute atomic E-state index is 13.1. The Morgan fingerprint density at radius 3 is 3.08 bits per heavy atom. The first-order valence-corrected chi connectivity index (χ1v) is 9.20. The molecule has 25 heavy (non-hydrogen) atoms. The summed E-state index contributed by atoms with van der Waals surface area (Å²) in [5.74, 6) is -0.0451. The highest BCUT2D eigenvalue weighted by Crippen LogP contribution is 2.72. The summed E-state index contributed by atoms with van der Waals surface area (Å²) in [4.78, 5) is 15.6. The Hall–Kier alpha value is -1.85. The molecule has 1 N–H and O–H groups in total. The fraction of sp³-hybridized carbons (Fsp3) is 0.550. The van der Waals surface area contributed by atoms with Crippen molar-refractivity contribution in [1.82, 2.24) is 4.90 Å². The quantitative estimate of drug-likeness (QED) is 0.629. The molecule has 4 bridgehead atoms. The molecule has 6 rings (SSSR count). The molecule has 130 valence electrons. The molecule has 5 heteroatoms. The zero-order valence-electron chi connectivity index (χ0n) is 14.5. The van der Waals surface area contributed by atoms with Crippen molar-refractivity contribution in [1.29, 1.82) is 0 Å². The zero-order valence-corrected chi connectivity index (χ0v) is 14.5. The third-order valence-electron chi connectivity index (χ3n) is 7.53. The summed E-state index contributed by atoms with van der Waals surface area (Å²) in [7, 11) is 1.52. The fourth-order valence-electron chi connectivity index (χ4n) is 6.75. The van der Waals surface area contributed by atoms with Crippen LogP contribution in [-0.4, -0.2) is 42.5 Å². The summed E-state index contributed by atoms with van der Waals surface area (Å²) in [6.45, 7) is 2.99. The van der Waals surface area contributed by atoms with E-state index in [-0.39, 0.29) is 29.4 Å². The van der Waals surface area contributed by atoms with Gasteiger partial charge in [0, 0.05) is 18.7 Å². The number of allylic oxidation sites excluding steroid dienone is 1. The first kappa shape index (κ1) is 14.3. The molecule has 1 aromatic rings. The summed E-state index contributed by atoms with van der Waals surface area (Å²) in [5, 5.41) is 3.73. The molecule has 1 aromatic carbocycles. The smallest absolute Gasteiger partial charge is 0.310 e. The van der Waals surface area contributed by atoms with Crippen molar-refractivity contribution in [2.45, 2.75) is 43.2 Å². The molecule has 0 radical (unpaired) electrons. The molecule has 4 heterocycles. The molecule has 1 saturated carbocycles. The summed E-state index contributed by atoms with van der Waals surface area (Å²) in [5.41, 5.74) is 2.89. The Bertz CT molecular complexity index is 836. The Kier molecular flexibility index (Phi) is 2.45. The van der Waals surface area contributed by atoms with E-state index in [0.29, 0.717) is 6.04 Å². The van der Waals surface area contributed by atoms with Gasteiger partial charge in [0.05, 0.1) is 24.5 Å². The maximum atomic E-state index is 13.1. The lowest BCUT2D eigenvalue weighted by atomic mass is 9.49. The van der Waals surface area contributed by atoms with Crippen LogP contribution in [0.3, 0.4) is 0 Å². The van der Waals surface area contributed by atoms with Gasteiger partial charge in [-0.1, -0.05) is 29.8 Å². The standard InChI is InChI=1S/C20H22N2O3/c1-3-11-10-22-15-8-12(11)17(18(23)24-2)19-9-16(22)25-20(15,19)21-14-7-5-4-6-13(14)19/h3-7,12,15-17,21H,8-10H2,1-2H3/t12-,15-,16-,17?,19-,20-/m0/s1. The van der Waals surface area contributed by atoms with Gasteiger partial charge in [-0.05, 0) is 30.9 Å². The monoisotopic (exact) mass is 338 g/mol. The van der Waals surface area contributed by atoms with Crippen LogP contribution < -0.4 is 5.32 Å². The van der Waals surface area contributed by atoms with Crippen LogP contribution in [0.1, 0.15) is 25.3 Å². The van der Waals surface area contributed by atoms with E-state index in [1.54, 1.807) is 0 Å². The number of para-hydroxylation sites is 1. The summed E-state index contributed by atoms with van der Waals surface area (Å²) in [6, 6.07) is 8.74. The van der Waals surface area contributed by atoms with Gasteiger partial charge in [0.2, 0.25) is 0 Å². The van der Waals surface area contributed by atoms with Crippen LogP contribution in [0.5, 0.6) is 0 Å². The number of anilines is 1. The molecular weight excluding hydrogens is 316 g/mol. The van der Waals surface area contributed by atoms with Crippen LogP contribution in [0.25, 0.3) is 0 Å². The molecule has 1 aliphatic carbocycles. The lowest BCUT2D eigenvalue weighted by Gasteiger charge is -2.60. The number of piperidine rings is 2. The normalized spacial score (nSPS) is 46.9. The van der Waals surface area contributed by atoms with Crippen molar-refractivity contribution >= 4 is 11.7 Å². The Balaban J connectivity index is 1.67. The molecule has 4 fully saturated rings. The second-order valence-electron chi connectivity index (χ2n) is 8.05. The van der Waals surface area contributed by atoms with Crippen LogP contribution in [0.4, 0.5) is 5.69 Å². The van der Waals surface area contributed by atoms with Crippen molar-refractivity contribution in [3.8, 4) is 0 Å². The van der Waals surface area contributed by atoms with E-state index in [4.69, 9.17) is 9.47 Å². The first-order chi connectivity index (χ1) is 12.2. The number of rotatable bonds is 1. The second kappa shape index (κ2) is 4.27. The Morgan fingerprint density at radius 2 is 2.28 bits per heavy atom. The topological polar surface area (TPSA) is 50.8 Å². The van der Waals surface area contributed by atoms with Gasteiger partial charge in [-0.25, -0.2) is 0 Å². The highest BCUT2D eigenvalue weighted by atomic mass is 16.6. The number of carbonyl (C=O) groups is 1. The number of carbonyl (C=O) groups excluding carboxylic acids is 1. The number of fused-ring (bicyclic) bond motifs is 4. The third kappa shape index (κ3) is 1.30. The summed E-state index contributed by atoms with van der Waals surface area (Å²) in [6.07, 6.45) is 4.10. The number of methoxy groups -OCH3 is 1. The predicted octanol–water partition coefficient (Wildman–Crippen LogP) is 2.25. The van der Waals surface area contributed by atoms with Crippen LogP contribution in [0, 0.1) is 11.8 Å². The molecule has 0 aromatic heterocycles. The molecule has 1 spiro atoms. The minimum atomic E-state index is -0.490. The van der Waals surface area contributed by atoms with Gasteiger partial charge in [-0.2, -0.15) is 0 Å². The summed E-state index contributed by atoms with van der Waals surface area (Å²) < 4.78 is 12.0. The van der Waals surface area contributed by atoms with Crippen LogP contribution >= 0.6 is 0 Å². The lowest BCUT2D eigenvalue weighted by Crippen LogP contribution is -2.73. The number of hydrogen-bond acceptors (Lipinski definition) is 5. The number of nitrogens with one attached hydrogen (secondary N) is 1.